The molecule has 0 aromatic heterocycles. The smallest absolute Gasteiger partial charge is 0.213 e. The van der Waals surface area contributed by atoms with Crippen molar-refractivity contribution < 1.29 is 13.2 Å². The summed E-state index contributed by atoms with van der Waals surface area (Å²) in [5.41, 5.74) is 0.252. The number of rotatable bonds is 4. The molecule has 0 aromatic rings. The lowest BCUT2D eigenvalue weighted by Crippen LogP contribution is -2.58. The van der Waals surface area contributed by atoms with E-state index in [0.29, 0.717) is 5.92 Å². The van der Waals surface area contributed by atoms with Crippen LogP contribution in [-0.4, -0.2) is 69.3 Å². The van der Waals surface area contributed by atoms with Crippen LogP contribution in [0.15, 0.2) is 0 Å². The van der Waals surface area contributed by atoms with Crippen molar-refractivity contribution in [3.63, 3.8) is 0 Å². The monoisotopic (exact) mass is 288 g/mol. The molecule has 0 amide bonds. The van der Waals surface area contributed by atoms with E-state index in [1.165, 1.54) is 6.42 Å². The van der Waals surface area contributed by atoms with E-state index in [1.54, 1.807) is 11.2 Å². The van der Waals surface area contributed by atoms with Gasteiger partial charge in [-0.05, 0) is 25.7 Å². The van der Waals surface area contributed by atoms with E-state index in [2.05, 4.69) is 4.90 Å². The number of ether oxygens (including phenoxy) is 1. The summed E-state index contributed by atoms with van der Waals surface area (Å²) in [7, 11) is -2.99. The SMILES string of the molecule is CCS(=O)(=O)N1CCC2(CN(C[C@H]3CCOC3)C2)C1. The fraction of sp³-hybridized carbons (Fsp3) is 1.00. The Morgan fingerprint density at radius 2 is 2.11 bits per heavy atom. The molecule has 1 spiro atoms. The molecule has 0 N–H and O–H groups in total. The van der Waals surface area contributed by atoms with Gasteiger partial charge in [-0.2, -0.15) is 0 Å². The van der Waals surface area contributed by atoms with Gasteiger partial charge in [-0.15, -0.1) is 0 Å². The van der Waals surface area contributed by atoms with Crippen LogP contribution in [-0.2, 0) is 14.8 Å². The molecule has 6 heteroatoms. The van der Waals surface area contributed by atoms with E-state index in [4.69, 9.17) is 4.74 Å². The van der Waals surface area contributed by atoms with Crippen LogP contribution in [0.1, 0.15) is 19.8 Å². The van der Waals surface area contributed by atoms with Gasteiger partial charge in [-0.25, -0.2) is 12.7 Å². The minimum atomic E-state index is -2.99. The summed E-state index contributed by atoms with van der Waals surface area (Å²) in [5.74, 6) is 0.917. The lowest BCUT2D eigenvalue weighted by atomic mass is 9.78. The highest BCUT2D eigenvalue weighted by molar-refractivity contribution is 7.89. The molecule has 0 radical (unpaired) electrons. The Bertz CT molecular complexity index is 425. The first-order valence-corrected chi connectivity index (χ1v) is 8.92. The van der Waals surface area contributed by atoms with E-state index < -0.39 is 10.0 Å². The largest absolute Gasteiger partial charge is 0.381 e. The quantitative estimate of drug-likeness (QED) is 0.750. The van der Waals surface area contributed by atoms with Crippen molar-refractivity contribution in [3.05, 3.63) is 0 Å². The van der Waals surface area contributed by atoms with Crippen molar-refractivity contribution in [2.75, 3.05) is 51.7 Å². The molecule has 3 fully saturated rings. The maximum atomic E-state index is 11.9. The summed E-state index contributed by atoms with van der Waals surface area (Å²) in [6, 6.07) is 0. The molecule has 110 valence electrons. The Balaban J connectivity index is 1.50. The van der Waals surface area contributed by atoms with E-state index in [9.17, 15) is 8.42 Å². The summed E-state index contributed by atoms with van der Waals surface area (Å²) in [6.07, 6.45) is 2.21. The molecule has 3 heterocycles. The Kier molecular flexibility index (Phi) is 3.62. The van der Waals surface area contributed by atoms with E-state index in [-0.39, 0.29) is 11.2 Å². The summed E-state index contributed by atoms with van der Waals surface area (Å²) in [5, 5.41) is 0. The standard InChI is InChI=1S/C13H24N2O3S/c1-2-19(16,17)15-5-4-13(11-15)9-14(10-13)7-12-3-6-18-8-12/h12H,2-11H2,1H3/t12-/m1/s1. The van der Waals surface area contributed by atoms with Crippen molar-refractivity contribution in [2.24, 2.45) is 11.3 Å². The summed E-state index contributed by atoms with van der Waals surface area (Å²) >= 11 is 0. The third-order valence-corrected chi connectivity index (χ3v) is 6.65. The number of hydrogen-bond donors (Lipinski definition) is 0. The molecule has 3 aliphatic rings. The average molecular weight is 288 g/mol. The van der Waals surface area contributed by atoms with Crippen LogP contribution >= 0.6 is 0 Å². The van der Waals surface area contributed by atoms with Crippen LogP contribution in [0.3, 0.4) is 0 Å². The van der Waals surface area contributed by atoms with Crippen LogP contribution in [0.25, 0.3) is 0 Å². The average Bonchev–Trinajstić information content (AvgIpc) is 2.97. The molecule has 0 aromatic carbocycles. The van der Waals surface area contributed by atoms with E-state index in [1.807, 2.05) is 0 Å². The van der Waals surface area contributed by atoms with Gasteiger partial charge in [0.1, 0.15) is 0 Å². The number of sulfonamides is 1. The zero-order chi connectivity index (χ0) is 13.5. The minimum Gasteiger partial charge on any atom is -0.381 e. The minimum absolute atomic E-state index is 0.228. The van der Waals surface area contributed by atoms with E-state index >= 15 is 0 Å². The highest BCUT2D eigenvalue weighted by Gasteiger charge is 2.49. The maximum absolute atomic E-state index is 11.9. The molecule has 0 aliphatic carbocycles. The zero-order valence-corrected chi connectivity index (χ0v) is 12.5. The van der Waals surface area contributed by atoms with Crippen LogP contribution < -0.4 is 0 Å². The van der Waals surface area contributed by atoms with Gasteiger partial charge in [-0.1, -0.05) is 0 Å². The molecule has 0 unspecified atom stereocenters. The first-order chi connectivity index (χ1) is 9.03. The molecule has 0 bridgehead atoms. The maximum Gasteiger partial charge on any atom is 0.213 e. The Morgan fingerprint density at radius 3 is 2.74 bits per heavy atom. The second-order valence-electron chi connectivity index (χ2n) is 6.38. The molecule has 1 atom stereocenters. The van der Waals surface area contributed by atoms with Crippen molar-refractivity contribution in [1.29, 1.82) is 0 Å². The first-order valence-electron chi connectivity index (χ1n) is 7.31. The molecular formula is C13H24N2O3S. The normalized spacial score (nSPS) is 31.9. The summed E-state index contributed by atoms with van der Waals surface area (Å²) in [4.78, 5) is 2.47. The molecule has 3 saturated heterocycles. The first kappa shape index (κ1) is 13.8. The van der Waals surface area contributed by atoms with Gasteiger partial charge < -0.3 is 9.64 Å². The molecule has 19 heavy (non-hydrogen) atoms. The third kappa shape index (κ3) is 2.68. The van der Waals surface area contributed by atoms with Crippen molar-refractivity contribution >= 4 is 10.0 Å². The number of nitrogens with zero attached hydrogens (tertiary/aromatic N) is 2. The van der Waals surface area contributed by atoms with Gasteiger partial charge in [0.15, 0.2) is 0 Å². The number of hydrogen-bond acceptors (Lipinski definition) is 4. The third-order valence-electron chi connectivity index (χ3n) is 4.82. The Hall–Kier alpha value is -0.170. The molecule has 3 rings (SSSR count). The Labute approximate surface area is 115 Å². The zero-order valence-electron chi connectivity index (χ0n) is 11.7. The molecule has 3 aliphatic heterocycles. The second-order valence-corrected chi connectivity index (χ2v) is 8.64. The van der Waals surface area contributed by atoms with E-state index in [0.717, 1.165) is 52.4 Å². The second kappa shape index (κ2) is 4.98. The van der Waals surface area contributed by atoms with Crippen LogP contribution in [0.5, 0.6) is 0 Å². The summed E-state index contributed by atoms with van der Waals surface area (Å²) in [6.45, 7) is 8.26. The summed E-state index contributed by atoms with van der Waals surface area (Å²) < 4.78 is 30.9. The topological polar surface area (TPSA) is 49.9 Å². The molecular weight excluding hydrogens is 264 g/mol. The van der Waals surface area contributed by atoms with Gasteiger partial charge in [0, 0.05) is 44.7 Å². The fourth-order valence-corrected chi connectivity index (χ4v) is 4.90. The molecule has 5 nitrogen and oxygen atoms in total. The molecule has 0 saturated carbocycles. The van der Waals surface area contributed by atoms with Crippen molar-refractivity contribution in [2.45, 2.75) is 19.8 Å². The lowest BCUT2D eigenvalue weighted by Gasteiger charge is -2.49. The fourth-order valence-electron chi connectivity index (χ4n) is 3.70. The Morgan fingerprint density at radius 1 is 1.32 bits per heavy atom. The predicted octanol–water partition coefficient (Wildman–Crippen LogP) is 0.380. The van der Waals surface area contributed by atoms with Crippen molar-refractivity contribution in [3.8, 4) is 0 Å². The van der Waals surface area contributed by atoms with Gasteiger partial charge in [0.25, 0.3) is 0 Å². The predicted molar refractivity (Wildman–Crippen MR) is 73.4 cm³/mol. The highest BCUT2D eigenvalue weighted by atomic mass is 32.2. The highest BCUT2D eigenvalue weighted by Crippen LogP contribution is 2.41. The van der Waals surface area contributed by atoms with Gasteiger partial charge >= 0.3 is 0 Å². The van der Waals surface area contributed by atoms with Crippen LogP contribution in [0, 0.1) is 11.3 Å². The van der Waals surface area contributed by atoms with Gasteiger partial charge in [0.2, 0.25) is 10.0 Å². The van der Waals surface area contributed by atoms with Gasteiger partial charge in [-0.3, -0.25) is 0 Å². The number of likely N-dealkylation sites (tertiary alicyclic amines) is 1. The van der Waals surface area contributed by atoms with Crippen LogP contribution in [0.4, 0.5) is 0 Å². The van der Waals surface area contributed by atoms with Crippen LogP contribution in [0.2, 0.25) is 0 Å². The van der Waals surface area contributed by atoms with Gasteiger partial charge in [0.05, 0.1) is 12.4 Å². The van der Waals surface area contributed by atoms with Crippen molar-refractivity contribution in [1.82, 2.24) is 9.21 Å². The lowest BCUT2D eigenvalue weighted by molar-refractivity contribution is 0.000584.